The predicted molar refractivity (Wildman–Crippen MR) is 262 cm³/mol. The largest absolute Gasteiger partial charge is 0.454 e. The van der Waals surface area contributed by atoms with Gasteiger partial charge in [0.25, 0.3) is 0 Å². The molecule has 11 nitrogen and oxygen atoms in total. The highest BCUT2D eigenvalue weighted by molar-refractivity contribution is 14.1. The Morgan fingerprint density at radius 1 is 0.509 bits per heavy atom. The van der Waals surface area contributed by atoms with Gasteiger partial charge < -0.3 is 18.9 Å². The van der Waals surface area contributed by atoms with Crippen molar-refractivity contribution < 1.29 is 59.9 Å². The standard InChI is InChI=1S/C30H11F2I9O11S/c31-30(32,53(46,47)48)9-49-26(42)13-7-15(28(44)51-24-19(38)3-11(34)4-20(24)39)16(29(45)52-25-21(40)5-12(35)6-22(25)41)8-14(13)27(43)50-23-17(36)1-10(33)2-18(23)37/h1-8H,9H2,(H,46,47,48). The van der Waals surface area contributed by atoms with Gasteiger partial charge in [-0.25, -0.2) is 19.2 Å². The van der Waals surface area contributed by atoms with Crippen LogP contribution in [0.3, 0.4) is 0 Å². The first-order valence-corrected chi connectivity index (χ1v) is 24.5. The van der Waals surface area contributed by atoms with Crippen molar-refractivity contribution in [2.45, 2.75) is 5.25 Å². The molecule has 4 aromatic rings. The van der Waals surface area contributed by atoms with Crippen molar-refractivity contribution >= 4 is 237 Å². The van der Waals surface area contributed by atoms with Crippen molar-refractivity contribution in [2.75, 3.05) is 6.61 Å². The molecule has 0 saturated heterocycles. The summed E-state index contributed by atoms with van der Waals surface area (Å²) in [6.45, 7) is -2.17. The minimum Gasteiger partial charge on any atom is -0.454 e. The zero-order valence-corrected chi connectivity index (χ0v) is 45.2. The van der Waals surface area contributed by atoms with Crippen molar-refractivity contribution in [3.8, 4) is 17.2 Å². The van der Waals surface area contributed by atoms with E-state index in [1.54, 1.807) is 36.4 Å². The second-order valence-corrected chi connectivity index (χ2v) is 22.2. The zero-order chi connectivity index (χ0) is 39.7. The van der Waals surface area contributed by atoms with Gasteiger partial charge in [-0.15, -0.1) is 0 Å². The molecule has 4 aromatic carbocycles. The number of hydrogen-bond donors (Lipinski definition) is 1. The molecule has 0 unspecified atom stereocenters. The van der Waals surface area contributed by atoms with E-state index in [9.17, 15) is 36.4 Å². The molecule has 1 N–H and O–H groups in total. The molecule has 0 atom stereocenters. The lowest BCUT2D eigenvalue weighted by atomic mass is 9.97. The summed E-state index contributed by atoms with van der Waals surface area (Å²) < 4.78 is 86.6. The number of esters is 4. The number of rotatable bonds is 10. The van der Waals surface area contributed by atoms with E-state index >= 15 is 0 Å². The van der Waals surface area contributed by atoms with Crippen LogP contribution in [0.25, 0.3) is 0 Å². The van der Waals surface area contributed by atoms with E-state index in [4.69, 9.17) is 18.8 Å². The second-order valence-electron chi connectivity index (χ2n) is 9.90. The number of benzene rings is 4. The molecule has 0 spiro atoms. The fourth-order valence-corrected chi connectivity index (χ4v) is 15.5. The van der Waals surface area contributed by atoms with Crippen LogP contribution in [0.2, 0.25) is 0 Å². The highest BCUT2D eigenvalue weighted by Gasteiger charge is 2.46. The number of alkyl halides is 2. The van der Waals surface area contributed by atoms with Crippen molar-refractivity contribution in [3.63, 3.8) is 0 Å². The lowest BCUT2D eigenvalue weighted by Gasteiger charge is -2.18. The molecule has 0 amide bonds. The fraction of sp³-hybridized carbons (Fsp3) is 0.0667. The van der Waals surface area contributed by atoms with Gasteiger partial charge in [-0.05, 0) is 252 Å². The molecule has 0 aliphatic heterocycles. The first-order valence-electron chi connectivity index (χ1n) is 13.3. The molecular formula is C30H11F2I9O11S. The Morgan fingerprint density at radius 3 is 1.00 bits per heavy atom. The number of halogens is 11. The van der Waals surface area contributed by atoms with Gasteiger partial charge in [-0.2, -0.15) is 17.2 Å². The molecule has 0 aromatic heterocycles. The van der Waals surface area contributed by atoms with E-state index in [2.05, 4.69) is 49.9 Å². The Labute approximate surface area is 421 Å². The molecular weight excluding hydrogens is 1750 g/mol. The smallest absolute Gasteiger partial charge is 0.402 e. The normalized spacial score (nSPS) is 11.5. The molecule has 0 radical (unpaired) electrons. The minimum absolute atomic E-state index is 0.0484. The van der Waals surface area contributed by atoms with Gasteiger partial charge >= 0.3 is 39.2 Å². The molecule has 0 saturated carbocycles. The van der Waals surface area contributed by atoms with Crippen LogP contribution in [0.1, 0.15) is 41.4 Å². The molecule has 0 fully saturated rings. The van der Waals surface area contributed by atoms with Crippen LogP contribution in [0, 0.1) is 32.1 Å². The molecule has 0 aliphatic carbocycles. The Bertz CT molecular complexity index is 2250. The summed E-state index contributed by atoms with van der Waals surface area (Å²) in [5.41, 5.74) is -2.87. The first-order chi connectivity index (χ1) is 24.5. The highest BCUT2D eigenvalue weighted by Crippen LogP contribution is 2.35. The maximum absolute atomic E-state index is 14.1. The van der Waals surface area contributed by atoms with Gasteiger partial charge in [0, 0.05) is 10.7 Å². The van der Waals surface area contributed by atoms with E-state index in [-0.39, 0.29) is 17.2 Å². The number of carbonyl (C=O) groups is 4. The quantitative estimate of drug-likeness (QED) is 0.0697. The Balaban J connectivity index is 1.95. The SMILES string of the molecule is O=C(OCC(F)(F)S(=O)(=O)O)c1cc(C(=O)Oc2c(I)cc(I)cc2I)c(C(=O)Oc2c(I)cc(I)cc2I)cc1C(=O)Oc1c(I)cc(I)cc1I. The van der Waals surface area contributed by atoms with Crippen LogP contribution >= 0.6 is 203 Å². The van der Waals surface area contributed by atoms with Gasteiger partial charge in [-0.1, -0.05) is 0 Å². The van der Waals surface area contributed by atoms with Gasteiger partial charge in [0.2, 0.25) is 0 Å². The maximum atomic E-state index is 14.1. The summed E-state index contributed by atoms with van der Waals surface area (Å²) >= 11 is 17.7. The molecule has 4 rings (SSSR count). The Kier molecular flexibility index (Phi) is 17.2. The molecule has 23 heteroatoms. The first kappa shape index (κ1) is 46.8. The lowest BCUT2D eigenvalue weighted by molar-refractivity contribution is -0.00963. The van der Waals surface area contributed by atoms with Crippen LogP contribution in [-0.4, -0.2) is 48.7 Å². The summed E-state index contributed by atoms with van der Waals surface area (Å²) in [6.07, 6.45) is 0. The molecule has 280 valence electrons. The van der Waals surface area contributed by atoms with E-state index in [0.717, 1.165) is 16.8 Å². The van der Waals surface area contributed by atoms with Crippen LogP contribution < -0.4 is 14.2 Å². The average molecular weight is 1760 g/mol. The average Bonchev–Trinajstić information content (AvgIpc) is 3.03. The van der Waals surface area contributed by atoms with Crippen molar-refractivity contribution in [1.29, 1.82) is 0 Å². The third kappa shape index (κ3) is 11.9. The second kappa shape index (κ2) is 19.4. The zero-order valence-electron chi connectivity index (χ0n) is 24.9. The Morgan fingerprint density at radius 2 is 0.755 bits per heavy atom. The van der Waals surface area contributed by atoms with Gasteiger partial charge in [0.05, 0.1) is 43.7 Å². The third-order valence-corrected chi connectivity index (χ3v) is 13.8. The predicted octanol–water partition coefficient (Wildman–Crippen LogP) is 10.4. The van der Waals surface area contributed by atoms with Crippen LogP contribution in [-0.2, 0) is 14.9 Å². The van der Waals surface area contributed by atoms with Crippen LogP contribution in [0.15, 0.2) is 48.5 Å². The number of hydrogen-bond acceptors (Lipinski definition) is 10. The molecule has 0 heterocycles. The number of ether oxygens (including phenoxy) is 4. The van der Waals surface area contributed by atoms with E-state index in [0.29, 0.717) is 27.5 Å². The van der Waals surface area contributed by atoms with E-state index < -0.39 is 68.1 Å². The third-order valence-electron chi connectivity index (χ3n) is 6.26. The minimum atomic E-state index is -6.03. The summed E-state index contributed by atoms with van der Waals surface area (Å²) in [6, 6.07) is 11.7. The maximum Gasteiger partial charge on any atom is 0.402 e. The summed E-state index contributed by atoms with van der Waals surface area (Å²) in [5, 5.41) is -4.94. The van der Waals surface area contributed by atoms with Crippen molar-refractivity contribution in [3.05, 3.63) is 103 Å². The summed E-state index contributed by atoms with van der Waals surface area (Å²) in [5.74, 6) is -5.17. The van der Waals surface area contributed by atoms with E-state index in [1.165, 1.54) is 0 Å². The summed E-state index contributed by atoms with van der Waals surface area (Å²) in [4.78, 5) is 55.2. The Hall–Kier alpha value is 1.10. The summed E-state index contributed by atoms with van der Waals surface area (Å²) in [7, 11) is -6.03. The molecule has 0 aliphatic rings. The van der Waals surface area contributed by atoms with Gasteiger partial charge in [0.15, 0.2) is 23.9 Å². The molecule has 0 bridgehead atoms. The van der Waals surface area contributed by atoms with Crippen LogP contribution in [0.4, 0.5) is 8.78 Å². The highest BCUT2D eigenvalue weighted by atomic mass is 127. The van der Waals surface area contributed by atoms with Crippen molar-refractivity contribution in [2.24, 2.45) is 0 Å². The topological polar surface area (TPSA) is 160 Å². The lowest BCUT2D eigenvalue weighted by Crippen LogP contribution is -2.35. The monoisotopic (exact) mass is 1760 g/mol. The van der Waals surface area contributed by atoms with Gasteiger partial charge in [0.1, 0.15) is 0 Å². The number of carbonyl (C=O) groups excluding carboxylic acids is 4. The fourth-order valence-electron chi connectivity index (χ4n) is 3.90. The van der Waals surface area contributed by atoms with Crippen molar-refractivity contribution in [1.82, 2.24) is 0 Å². The van der Waals surface area contributed by atoms with Crippen LogP contribution in [0.5, 0.6) is 17.2 Å². The van der Waals surface area contributed by atoms with E-state index in [1.807, 2.05) is 158 Å². The van der Waals surface area contributed by atoms with Gasteiger partial charge in [-0.3, -0.25) is 4.55 Å². The molecule has 53 heavy (non-hydrogen) atoms.